The third kappa shape index (κ3) is 3.58. The van der Waals surface area contributed by atoms with Crippen LogP contribution in [0, 0.1) is 0 Å². The molecule has 0 bridgehead atoms. The Morgan fingerprint density at radius 3 is 2.21 bits per heavy atom. The van der Waals surface area contributed by atoms with E-state index in [1.165, 1.54) is 32.4 Å². The van der Waals surface area contributed by atoms with Crippen LogP contribution in [0.15, 0.2) is 0 Å². The standard InChI is InChI=1S/C12H25NO/c1-5-11(4)13-8-6-12(7-9-13)14-10(2)3/h10-12H,5-9H2,1-4H3. The van der Waals surface area contributed by atoms with Gasteiger partial charge in [-0.05, 0) is 40.0 Å². The molecule has 0 aromatic heterocycles. The summed E-state index contributed by atoms with van der Waals surface area (Å²) in [5.74, 6) is 0. The molecule has 14 heavy (non-hydrogen) atoms. The van der Waals surface area contributed by atoms with Gasteiger partial charge in [-0.15, -0.1) is 0 Å². The van der Waals surface area contributed by atoms with Crippen molar-refractivity contribution >= 4 is 0 Å². The average molecular weight is 199 g/mol. The lowest BCUT2D eigenvalue weighted by Gasteiger charge is -2.36. The van der Waals surface area contributed by atoms with Crippen molar-refractivity contribution in [1.29, 1.82) is 0 Å². The second-order valence-electron chi connectivity index (χ2n) is 4.68. The smallest absolute Gasteiger partial charge is 0.0603 e. The lowest BCUT2D eigenvalue weighted by atomic mass is 10.0. The maximum atomic E-state index is 5.83. The predicted molar refractivity (Wildman–Crippen MR) is 60.6 cm³/mol. The van der Waals surface area contributed by atoms with Crippen molar-refractivity contribution in [3.05, 3.63) is 0 Å². The number of piperidine rings is 1. The lowest BCUT2D eigenvalue weighted by Crippen LogP contribution is -2.42. The molecule has 0 spiro atoms. The van der Waals surface area contributed by atoms with Gasteiger partial charge in [0.1, 0.15) is 0 Å². The van der Waals surface area contributed by atoms with Crippen molar-refractivity contribution in [3.8, 4) is 0 Å². The monoisotopic (exact) mass is 199 g/mol. The van der Waals surface area contributed by atoms with E-state index in [1.807, 2.05) is 0 Å². The van der Waals surface area contributed by atoms with Gasteiger partial charge in [0.25, 0.3) is 0 Å². The molecule has 1 atom stereocenters. The summed E-state index contributed by atoms with van der Waals surface area (Å²) in [5, 5.41) is 0. The Kier molecular flexibility index (Phi) is 4.90. The van der Waals surface area contributed by atoms with Gasteiger partial charge < -0.3 is 9.64 Å². The lowest BCUT2D eigenvalue weighted by molar-refractivity contribution is -0.0322. The third-order valence-corrected chi connectivity index (χ3v) is 3.16. The van der Waals surface area contributed by atoms with Crippen molar-refractivity contribution in [1.82, 2.24) is 4.90 Å². The van der Waals surface area contributed by atoms with Crippen LogP contribution in [0.5, 0.6) is 0 Å². The van der Waals surface area contributed by atoms with Crippen LogP contribution >= 0.6 is 0 Å². The molecule has 0 radical (unpaired) electrons. The Bertz CT molecular complexity index is 150. The summed E-state index contributed by atoms with van der Waals surface area (Å²) in [7, 11) is 0. The van der Waals surface area contributed by atoms with Crippen LogP contribution in [0.3, 0.4) is 0 Å². The normalized spacial score (nSPS) is 22.9. The zero-order chi connectivity index (χ0) is 10.6. The van der Waals surface area contributed by atoms with Crippen molar-refractivity contribution < 1.29 is 4.74 Å². The molecule has 1 aliphatic rings. The molecule has 84 valence electrons. The molecule has 0 amide bonds. The predicted octanol–water partition coefficient (Wildman–Crippen LogP) is 2.67. The van der Waals surface area contributed by atoms with E-state index in [0.29, 0.717) is 12.2 Å². The van der Waals surface area contributed by atoms with E-state index in [-0.39, 0.29) is 0 Å². The summed E-state index contributed by atoms with van der Waals surface area (Å²) < 4.78 is 5.83. The molecular formula is C12H25NO. The molecule has 1 heterocycles. The SMILES string of the molecule is CCC(C)N1CCC(OC(C)C)CC1. The first-order valence-electron chi connectivity index (χ1n) is 6.03. The minimum absolute atomic E-state index is 0.384. The molecule has 0 N–H and O–H groups in total. The summed E-state index contributed by atoms with van der Waals surface area (Å²) >= 11 is 0. The van der Waals surface area contributed by atoms with E-state index in [1.54, 1.807) is 0 Å². The van der Waals surface area contributed by atoms with Crippen LogP contribution in [0.4, 0.5) is 0 Å². The zero-order valence-corrected chi connectivity index (χ0v) is 10.1. The van der Waals surface area contributed by atoms with Crippen molar-refractivity contribution in [3.63, 3.8) is 0 Å². The Balaban J connectivity index is 2.24. The van der Waals surface area contributed by atoms with Crippen LogP contribution in [0.1, 0.15) is 47.0 Å². The molecule has 1 aliphatic heterocycles. The highest BCUT2D eigenvalue weighted by atomic mass is 16.5. The van der Waals surface area contributed by atoms with Gasteiger partial charge in [-0.3, -0.25) is 0 Å². The molecule has 1 rings (SSSR count). The Morgan fingerprint density at radius 1 is 1.21 bits per heavy atom. The van der Waals surface area contributed by atoms with E-state index in [0.717, 1.165) is 6.04 Å². The molecule has 1 saturated heterocycles. The van der Waals surface area contributed by atoms with Crippen molar-refractivity contribution in [2.24, 2.45) is 0 Å². The molecule has 2 heteroatoms. The first kappa shape index (κ1) is 12.0. The fourth-order valence-electron chi connectivity index (χ4n) is 2.10. The van der Waals surface area contributed by atoms with Crippen LogP contribution in [-0.2, 0) is 4.74 Å². The van der Waals surface area contributed by atoms with Crippen molar-refractivity contribution in [2.45, 2.75) is 65.2 Å². The highest BCUT2D eigenvalue weighted by Gasteiger charge is 2.22. The van der Waals surface area contributed by atoms with E-state index >= 15 is 0 Å². The minimum Gasteiger partial charge on any atom is -0.375 e. The fourth-order valence-corrected chi connectivity index (χ4v) is 2.10. The second kappa shape index (κ2) is 5.72. The number of nitrogens with zero attached hydrogens (tertiary/aromatic N) is 1. The van der Waals surface area contributed by atoms with Gasteiger partial charge in [0.2, 0.25) is 0 Å². The van der Waals surface area contributed by atoms with Gasteiger partial charge in [0.15, 0.2) is 0 Å². The Hall–Kier alpha value is -0.0800. The topological polar surface area (TPSA) is 12.5 Å². The first-order valence-corrected chi connectivity index (χ1v) is 6.03. The molecule has 1 fully saturated rings. The minimum atomic E-state index is 0.384. The van der Waals surface area contributed by atoms with E-state index < -0.39 is 0 Å². The van der Waals surface area contributed by atoms with Crippen LogP contribution in [0.25, 0.3) is 0 Å². The summed E-state index contributed by atoms with van der Waals surface area (Å²) in [5.41, 5.74) is 0. The number of hydrogen-bond donors (Lipinski definition) is 0. The van der Waals surface area contributed by atoms with Gasteiger partial charge in [-0.25, -0.2) is 0 Å². The molecule has 0 aromatic rings. The highest BCUT2D eigenvalue weighted by Crippen LogP contribution is 2.18. The number of ether oxygens (including phenoxy) is 1. The van der Waals surface area contributed by atoms with Crippen LogP contribution in [0.2, 0.25) is 0 Å². The summed E-state index contributed by atoms with van der Waals surface area (Å²) in [6.07, 6.45) is 4.58. The first-order chi connectivity index (χ1) is 6.63. The molecule has 0 aromatic carbocycles. The summed E-state index contributed by atoms with van der Waals surface area (Å²) in [4.78, 5) is 2.58. The van der Waals surface area contributed by atoms with Gasteiger partial charge >= 0.3 is 0 Å². The summed E-state index contributed by atoms with van der Waals surface area (Å²) in [6, 6.07) is 0.745. The highest BCUT2D eigenvalue weighted by molar-refractivity contribution is 4.76. The molecular weight excluding hydrogens is 174 g/mol. The van der Waals surface area contributed by atoms with Gasteiger partial charge in [0, 0.05) is 19.1 Å². The number of hydrogen-bond acceptors (Lipinski definition) is 2. The number of rotatable bonds is 4. The Labute approximate surface area is 88.6 Å². The Morgan fingerprint density at radius 2 is 1.79 bits per heavy atom. The fraction of sp³-hybridized carbons (Fsp3) is 1.00. The molecule has 2 nitrogen and oxygen atoms in total. The van der Waals surface area contributed by atoms with Crippen LogP contribution < -0.4 is 0 Å². The summed E-state index contributed by atoms with van der Waals surface area (Å²) in [6.45, 7) is 11.3. The molecule has 0 saturated carbocycles. The molecule has 0 aliphatic carbocycles. The maximum absolute atomic E-state index is 5.83. The third-order valence-electron chi connectivity index (χ3n) is 3.16. The zero-order valence-electron chi connectivity index (χ0n) is 10.1. The largest absolute Gasteiger partial charge is 0.375 e. The average Bonchev–Trinajstić information content (AvgIpc) is 2.17. The van der Waals surface area contributed by atoms with E-state index in [2.05, 4.69) is 32.6 Å². The van der Waals surface area contributed by atoms with Crippen molar-refractivity contribution in [2.75, 3.05) is 13.1 Å². The second-order valence-corrected chi connectivity index (χ2v) is 4.68. The quantitative estimate of drug-likeness (QED) is 0.690. The maximum Gasteiger partial charge on any atom is 0.0603 e. The van der Waals surface area contributed by atoms with Gasteiger partial charge in [0.05, 0.1) is 12.2 Å². The van der Waals surface area contributed by atoms with E-state index in [4.69, 9.17) is 4.74 Å². The van der Waals surface area contributed by atoms with Crippen LogP contribution in [-0.4, -0.2) is 36.2 Å². The van der Waals surface area contributed by atoms with E-state index in [9.17, 15) is 0 Å². The number of likely N-dealkylation sites (tertiary alicyclic amines) is 1. The van der Waals surface area contributed by atoms with Gasteiger partial charge in [-0.1, -0.05) is 6.92 Å². The molecule has 1 unspecified atom stereocenters. The van der Waals surface area contributed by atoms with Gasteiger partial charge in [-0.2, -0.15) is 0 Å².